The van der Waals surface area contributed by atoms with E-state index >= 15 is 0 Å². The normalized spacial score (nSPS) is 12.4. The van der Waals surface area contributed by atoms with Crippen molar-refractivity contribution < 1.29 is 22.7 Å². The number of benzene rings is 3. The number of methoxy groups -OCH3 is 1. The molecule has 4 nitrogen and oxygen atoms in total. The van der Waals surface area contributed by atoms with Crippen molar-refractivity contribution in [3.63, 3.8) is 0 Å². The molecule has 4 aromatic rings. The van der Waals surface area contributed by atoms with Gasteiger partial charge in [-0.25, -0.2) is 0 Å². The van der Waals surface area contributed by atoms with E-state index in [4.69, 9.17) is 4.74 Å². The van der Waals surface area contributed by atoms with Crippen LogP contribution in [0.25, 0.3) is 21.9 Å². The van der Waals surface area contributed by atoms with Gasteiger partial charge in [-0.1, -0.05) is 36.4 Å². The third-order valence-corrected chi connectivity index (χ3v) is 5.87. The standard InChI is InChI=1S/C27H23F3N2O2/c1-17(18-6-9-21(10-7-18)27(28,29)30)26(33)32-15-20-8-11-23(24-12-13-31-16-25(20)24)19-4-3-5-22(14-19)34-2/h3-14,16-17H,15H2,1-2H3,(H,32,33). The van der Waals surface area contributed by atoms with E-state index in [0.29, 0.717) is 5.56 Å². The number of nitrogens with one attached hydrogen (secondary N) is 1. The molecule has 1 heterocycles. The molecular formula is C27H23F3N2O2. The van der Waals surface area contributed by atoms with E-state index in [1.165, 1.54) is 12.1 Å². The summed E-state index contributed by atoms with van der Waals surface area (Å²) in [4.78, 5) is 17.0. The van der Waals surface area contributed by atoms with Crippen molar-refractivity contribution in [2.24, 2.45) is 0 Å². The summed E-state index contributed by atoms with van der Waals surface area (Å²) in [5.41, 5.74) is 2.69. The number of rotatable bonds is 6. The Labute approximate surface area is 195 Å². The number of halogens is 3. The fourth-order valence-electron chi connectivity index (χ4n) is 3.89. The van der Waals surface area contributed by atoms with Crippen LogP contribution in [0.2, 0.25) is 0 Å². The topological polar surface area (TPSA) is 51.2 Å². The first-order valence-electron chi connectivity index (χ1n) is 10.7. The van der Waals surface area contributed by atoms with Gasteiger partial charge in [0.25, 0.3) is 0 Å². The zero-order valence-electron chi connectivity index (χ0n) is 18.7. The Bertz CT molecular complexity index is 1320. The summed E-state index contributed by atoms with van der Waals surface area (Å²) < 4.78 is 43.7. The molecule has 0 fully saturated rings. The van der Waals surface area contributed by atoms with Gasteiger partial charge in [0.2, 0.25) is 5.91 Å². The molecule has 1 unspecified atom stereocenters. The van der Waals surface area contributed by atoms with Crippen LogP contribution in [0.5, 0.6) is 5.75 Å². The van der Waals surface area contributed by atoms with E-state index in [2.05, 4.69) is 10.3 Å². The van der Waals surface area contributed by atoms with Gasteiger partial charge in [-0.3, -0.25) is 9.78 Å². The number of hydrogen-bond acceptors (Lipinski definition) is 3. The van der Waals surface area contributed by atoms with Crippen LogP contribution in [0.1, 0.15) is 29.5 Å². The predicted octanol–water partition coefficient (Wildman–Crippen LogP) is 6.35. The third kappa shape index (κ3) is 4.88. The smallest absolute Gasteiger partial charge is 0.416 e. The molecule has 0 aliphatic carbocycles. The molecule has 1 aromatic heterocycles. The minimum absolute atomic E-state index is 0.268. The van der Waals surface area contributed by atoms with Gasteiger partial charge in [0.1, 0.15) is 5.75 Å². The molecule has 0 bridgehead atoms. The molecule has 4 rings (SSSR count). The Hall–Kier alpha value is -3.87. The van der Waals surface area contributed by atoms with Crippen LogP contribution in [0, 0.1) is 0 Å². The van der Waals surface area contributed by atoms with Crippen LogP contribution in [-0.4, -0.2) is 18.0 Å². The summed E-state index contributed by atoms with van der Waals surface area (Å²) in [7, 11) is 1.62. The van der Waals surface area contributed by atoms with Crippen LogP contribution in [-0.2, 0) is 17.5 Å². The zero-order chi connectivity index (χ0) is 24.3. The fourth-order valence-corrected chi connectivity index (χ4v) is 3.89. The van der Waals surface area contributed by atoms with Crippen molar-refractivity contribution in [3.8, 4) is 16.9 Å². The molecule has 174 valence electrons. The number of fused-ring (bicyclic) bond motifs is 1. The molecule has 7 heteroatoms. The summed E-state index contributed by atoms with van der Waals surface area (Å²) in [6.07, 6.45) is -0.920. The first kappa shape index (κ1) is 23.3. The Kier molecular flexibility index (Phi) is 6.54. The molecule has 3 aromatic carbocycles. The van der Waals surface area contributed by atoms with Crippen molar-refractivity contribution in [1.82, 2.24) is 10.3 Å². The maximum Gasteiger partial charge on any atom is 0.416 e. The zero-order valence-corrected chi connectivity index (χ0v) is 18.7. The maximum absolute atomic E-state index is 12.8. The molecule has 0 aliphatic heterocycles. The van der Waals surface area contributed by atoms with Gasteiger partial charge < -0.3 is 10.1 Å². The molecule has 0 aliphatic rings. The van der Waals surface area contributed by atoms with Crippen molar-refractivity contribution in [2.45, 2.75) is 25.6 Å². The van der Waals surface area contributed by atoms with E-state index in [1.54, 1.807) is 26.4 Å². The first-order valence-corrected chi connectivity index (χ1v) is 10.7. The number of hydrogen-bond donors (Lipinski definition) is 1. The molecule has 0 saturated carbocycles. The number of nitrogens with zero attached hydrogens (tertiary/aromatic N) is 1. The lowest BCUT2D eigenvalue weighted by Gasteiger charge is -2.16. The number of amides is 1. The average molecular weight is 464 g/mol. The summed E-state index contributed by atoms with van der Waals surface area (Å²) in [6.45, 7) is 1.94. The monoisotopic (exact) mass is 464 g/mol. The lowest BCUT2D eigenvalue weighted by atomic mass is 9.95. The van der Waals surface area contributed by atoms with E-state index in [0.717, 1.165) is 45.3 Å². The number of carbonyl (C=O) groups excluding carboxylic acids is 1. The predicted molar refractivity (Wildman–Crippen MR) is 125 cm³/mol. The first-order chi connectivity index (χ1) is 16.3. The minimum atomic E-state index is -4.41. The number of alkyl halides is 3. The van der Waals surface area contributed by atoms with Gasteiger partial charge in [-0.2, -0.15) is 13.2 Å². The Morgan fingerprint density at radius 3 is 2.50 bits per heavy atom. The molecule has 1 atom stereocenters. The average Bonchev–Trinajstić information content (AvgIpc) is 2.86. The molecule has 0 spiro atoms. The molecule has 0 radical (unpaired) electrons. The summed E-state index contributed by atoms with van der Waals surface area (Å²) in [5.74, 6) is -0.107. The summed E-state index contributed by atoms with van der Waals surface area (Å²) in [6, 6.07) is 18.3. The third-order valence-electron chi connectivity index (χ3n) is 5.87. The molecule has 34 heavy (non-hydrogen) atoms. The van der Waals surface area contributed by atoms with E-state index in [-0.39, 0.29) is 12.5 Å². The summed E-state index contributed by atoms with van der Waals surface area (Å²) >= 11 is 0. The van der Waals surface area contributed by atoms with Crippen molar-refractivity contribution in [3.05, 3.63) is 95.8 Å². The molecule has 1 amide bonds. The van der Waals surface area contributed by atoms with Crippen LogP contribution < -0.4 is 10.1 Å². The quantitative estimate of drug-likeness (QED) is 0.362. The maximum atomic E-state index is 12.8. The number of carbonyl (C=O) groups is 1. The van der Waals surface area contributed by atoms with Crippen LogP contribution in [0.4, 0.5) is 13.2 Å². The van der Waals surface area contributed by atoms with E-state index < -0.39 is 17.7 Å². The second-order valence-electron chi connectivity index (χ2n) is 7.98. The van der Waals surface area contributed by atoms with Gasteiger partial charge in [0.15, 0.2) is 0 Å². The highest BCUT2D eigenvalue weighted by atomic mass is 19.4. The van der Waals surface area contributed by atoms with Crippen molar-refractivity contribution in [1.29, 1.82) is 0 Å². The highest BCUT2D eigenvalue weighted by Crippen LogP contribution is 2.33. The largest absolute Gasteiger partial charge is 0.497 e. The van der Waals surface area contributed by atoms with Crippen LogP contribution >= 0.6 is 0 Å². The van der Waals surface area contributed by atoms with Gasteiger partial charge in [-0.05, 0) is 64.9 Å². The van der Waals surface area contributed by atoms with Crippen molar-refractivity contribution in [2.75, 3.05) is 7.11 Å². The number of aromatic nitrogens is 1. The lowest BCUT2D eigenvalue weighted by molar-refractivity contribution is -0.137. The Morgan fingerprint density at radius 1 is 1.03 bits per heavy atom. The van der Waals surface area contributed by atoms with Gasteiger partial charge in [-0.15, -0.1) is 0 Å². The minimum Gasteiger partial charge on any atom is -0.497 e. The fraction of sp³-hybridized carbons (Fsp3) is 0.185. The molecule has 0 saturated heterocycles. The highest BCUT2D eigenvalue weighted by molar-refractivity contribution is 5.98. The second kappa shape index (κ2) is 9.55. The van der Waals surface area contributed by atoms with E-state index in [1.807, 2.05) is 42.5 Å². The summed E-state index contributed by atoms with van der Waals surface area (Å²) in [5, 5.41) is 4.80. The van der Waals surface area contributed by atoms with Crippen LogP contribution in [0.15, 0.2) is 79.1 Å². The Morgan fingerprint density at radius 2 is 1.79 bits per heavy atom. The molecule has 1 N–H and O–H groups in total. The van der Waals surface area contributed by atoms with Crippen molar-refractivity contribution >= 4 is 16.7 Å². The van der Waals surface area contributed by atoms with Gasteiger partial charge >= 0.3 is 6.18 Å². The Balaban J connectivity index is 1.54. The number of ether oxygens (including phenoxy) is 1. The second-order valence-corrected chi connectivity index (χ2v) is 7.98. The SMILES string of the molecule is COc1cccc(-c2ccc(CNC(=O)C(C)c3ccc(C(F)(F)F)cc3)c3cnccc23)c1. The van der Waals surface area contributed by atoms with E-state index in [9.17, 15) is 18.0 Å². The van der Waals surface area contributed by atoms with Crippen LogP contribution in [0.3, 0.4) is 0 Å². The van der Waals surface area contributed by atoms with Gasteiger partial charge in [0, 0.05) is 24.3 Å². The van der Waals surface area contributed by atoms with Gasteiger partial charge in [0.05, 0.1) is 18.6 Å². The molecular weight excluding hydrogens is 441 g/mol. The lowest BCUT2D eigenvalue weighted by Crippen LogP contribution is -2.27. The number of pyridine rings is 1. The highest BCUT2D eigenvalue weighted by Gasteiger charge is 2.30.